The number of amides is 1. The molecule has 0 unspecified atom stereocenters. The number of pyridine rings is 1. The van der Waals surface area contributed by atoms with Gasteiger partial charge in [-0.25, -0.2) is 13.4 Å². The number of benzene rings is 2. The van der Waals surface area contributed by atoms with Gasteiger partial charge in [-0.3, -0.25) is 4.79 Å². The lowest BCUT2D eigenvalue weighted by molar-refractivity contribution is 0.0659. The molecule has 190 valence electrons. The molecular formula is C28H32N2O5S. The number of sulfone groups is 1. The van der Waals surface area contributed by atoms with Crippen LogP contribution in [0.1, 0.15) is 37.0 Å². The highest BCUT2D eigenvalue weighted by atomic mass is 32.2. The van der Waals surface area contributed by atoms with Crippen molar-refractivity contribution in [1.29, 1.82) is 0 Å². The summed E-state index contributed by atoms with van der Waals surface area (Å²) in [5.41, 5.74) is 2.45. The molecule has 0 atom stereocenters. The van der Waals surface area contributed by atoms with E-state index in [-0.39, 0.29) is 12.0 Å². The second-order valence-corrected chi connectivity index (χ2v) is 11.4. The maximum absolute atomic E-state index is 12.8. The standard InChI is InChI=1S/C28H32N2O5S/c1-20(2)35-25-9-4-23(5-10-25)28(31)30-16-14-21(15-17-30)19-34-27-13-8-24(18-29-27)22-6-11-26(12-7-22)36(3,32)33/h4-13,18,20-21H,14-17,19H2,1-3H3. The zero-order chi connectivity index (χ0) is 25.7. The highest BCUT2D eigenvalue weighted by Gasteiger charge is 2.24. The molecule has 2 aromatic carbocycles. The smallest absolute Gasteiger partial charge is 0.253 e. The highest BCUT2D eigenvalue weighted by Crippen LogP contribution is 2.24. The molecule has 1 aliphatic heterocycles. The van der Waals surface area contributed by atoms with Crippen LogP contribution < -0.4 is 9.47 Å². The summed E-state index contributed by atoms with van der Waals surface area (Å²) in [4.78, 5) is 19.4. The first kappa shape index (κ1) is 25.7. The number of hydrogen-bond donors (Lipinski definition) is 0. The Kier molecular flexibility index (Phi) is 7.94. The van der Waals surface area contributed by atoms with E-state index in [4.69, 9.17) is 9.47 Å². The predicted octanol–water partition coefficient (Wildman–Crippen LogP) is 4.87. The molecular weight excluding hydrogens is 476 g/mol. The second kappa shape index (κ2) is 11.1. The third-order valence-corrected chi connectivity index (χ3v) is 7.32. The average Bonchev–Trinajstić information content (AvgIpc) is 2.87. The summed E-state index contributed by atoms with van der Waals surface area (Å²) in [6.07, 6.45) is 4.78. The van der Waals surface area contributed by atoms with Gasteiger partial charge in [-0.1, -0.05) is 12.1 Å². The summed E-state index contributed by atoms with van der Waals surface area (Å²) in [6.45, 7) is 5.91. The van der Waals surface area contributed by atoms with Crippen LogP contribution in [0, 0.1) is 5.92 Å². The third kappa shape index (κ3) is 6.63. The van der Waals surface area contributed by atoms with Crippen LogP contribution in [-0.2, 0) is 9.84 Å². The van der Waals surface area contributed by atoms with E-state index in [1.807, 2.05) is 55.1 Å². The molecule has 0 aliphatic carbocycles. The van der Waals surface area contributed by atoms with E-state index in [1.165, 1.54) is 6.26 Å². The first-order valence-electron chi connectivity index (χ1n) is 12.1. The van der Waals surface area contributed by atoms with Gasteiger partial charge in [-0.15, -0.1) is 0 Å². The number of hydrogen-bond acceptors (Lipinski definition) is 6. The lowest BCUT2D eigenvalue weighted by Gasteiger charge is -2.32. The van der Waals surface area contributed by atoms with Crippen molar-refractivity contribution in [3.8, 4) is 22.8 Å². The summed E-state index contributed by atoms with van der Waals surface area (Å²) >= 11 is 0. The van der Waals surface area contributed by atoms with E-state index in [0.717, 1.165) is 29.7 Å². The average molecular weight is 509 g/mol. The molecule has 2 heterocycles. The van der Waals surface area contributed by atoms with Crippen LogP contribution in [0.2, 0.25) is 0 Å². The Morgan fingerprint density at radius 2 is 1.61 bits per heavy atom. The van der Waals surface area contributed by atoms with Crippen LogP contribution in [0.25, 0.3) is 11.1 Å². The SMILES string of the molecule is CC(C)Oc1ccc(C(=O)N2CCC(COc3ccc(-c4ccc(S(C)(=O)=O)cc4)cn3)CC2)cc1. The fraction of sp³-hybridized carbons (Fsp3) is 0.357. The summed E-state index contributed by atoms with van der Waals surface area (Å²) in [6, 6.07) is 17.8. The fourth-order valence-electron chi connectivity index (χ4n) is 4.17. The molecule has 7 nitrogen and oxygen atoms in total. The normalized spacial score (nSPS) is 14.6. The Morgan fingerprint density at radius 3 is 2.17 bits per heavy atom. The maximum atomic E-state index is 12.8. The number of carbonyl (C=O) groups excluding carboxylic acids is 1. The molecule has 1 amide bonds. The number of likely N-dealkylation sites (tertiary alicyclic amines) is 1. The van der Waals surface area contributed by atoms with Crippen molar-refractivity contribution in [3.63, 3.8) is 0 Å². The number of rotatable bonds is 8. The monoisotopic (exact) mass is 508 g/mol. The third-order valence-electron chi connectivity index (χ3n) is 6.19. The molecule has 1 fully saturated rings. The number of nitrogens with zero attached hydrogens (tertiary/aromatic N) is 2. The highest BCUT2D eigenvalue weighted by molar-refractivity contribution is 7.90. The number of aromatic nitrogens is 1. The van der Waals surface area contributed by atoms with Gasteiger partial charge in [-0.05, 0) is 80.6 Å². The van der Waals surface area contributed by atoms with Crippen LogP contribution in [0.4, 0.5) is 0 Å². The minimum absolute atomic E-state index is 0.0484. The van der Waals surface area contributed by atoms with Crippen molar-refractivity contribution in [2.75, 3.05) is 26.0 Å². The Morgan fingerprint density at radius 1 is 0.972 bits per heavy atom. The van der Waals surface area contributed by atoms with Crippen molar-refractivity contribution in [2.45, 2.75) is 37.7 Å². The van der Waals surface area contributed by atoms with Crippen molar-refractivity contribution in [1.82, 2.24) is 9.88 Å². The van der Waals surface area contributed by atoms with Crippen LogP contribution in [-0.4, -0.2) is 56.3 Å². The zero-order valence-electron chi connectivity index (χ0n) is 20.9. The summed E-state index contributed by atoms with van der Waals surface area (Å²) < 4.78 is 34.8. The Balaban J connectivity index is 1.25. The fourth-order valence-corrected chi connectivity index (χ4v) is 4.80. The summed E-state index contributed by atoms with van der Waals surface area (Å²) in [7, 11) is -3.22. The lowest BCUT2D eigenvalue weighted by atomic mass is 9.97. The van der Waals surface area contributed by atoms with Crippen LogP contribution in [0.5, 0.6) is 11.6 Å². The molecule has 3 aromatic rings. The van der Waals surface area contributed by atoms with Crippen LogP contribution in [0.15, 0.2) is 71.8 Å². The minimum atomic E-state index is -3.22. The Bertz CT molecular complexity index is 1260. The van der Waals surface area contributed by atoms with Crippen LogP contribution in [0.3, 0.4) is 0 Å². The molecule has 0 radical (unpaired) electrons. The van der Waals surface area contributed by atoms with Gasteiger partial charge in [0.25, 0.3) is 5.91 Å². The largest absolute Gasteiger partial charge is 0.491 e. The van der Waals surface area contributed by atoms with Crippen molar-refractivity contribution < 1.29 is 22.7 Å². The van der Waals surface area contributed by atoms with E-state index < -0.39 is 9.84 Å². The van der Waals surface area contributed by atoms with E-state index in [9.17, 15) is 13.2 Å². The van der Waals surface area contributed by atoms with E-state index >= 15 is 0 Å². The Labute approximate surface area is 213 Å². The van der Waals surface area contributed by atoms with E-state index in [0.29, 0.717) is 42.0 Å². The predicted molar refractivity (Wildman–Crippen MR) is 139 cm³/mol. The molecule has 4 rings (SSSR count). The van der Waals surface area contributed by atoms with Gasteiger partial charge in [0.05, 0.1) is 17.6 Å². The first-order chi connectivity index (χ1) is 17.2. The molecule has 1 saturated heterocycles. The molecule has 1 aliphatic rings. The molecule has 36 heavy (non-hydrogen) atoms. The molecule has 8 heteroatoms. The number of piperidine rings is 1. The lowest BCUT2D eigenvalue weighted by Crippen LogP contribution is -2.39. The number of carbonyl (C=O) groups is 1. The van der Waals surface area contributed by atoms with Gasteiger partial charge < -0.3 is 14.4 Å². The molecule has 0 saturated carbocycles. The Hall–Kier alpha value is -3.39. The van der Waals surface area contributed by atoms with Gasteiger partial charge >= 0.3 is 0 Å². The summed E-state index contributed by atoms with van der Waals surface area (Å²) in [5, 5.41) is 0. The molecule has 0 bridgehead atoms. The van der Waals surface area contributed by atoms with E-state index in [1.54, 1.807) is 30.5 Å². The quantitative estimate of drug-likeness (QED) is 0.432. The van der Waals surface area contributed by atoms with E-state index in [2.05, 4.69) is 4.98 Å². The van der Waals surface area contributed by atoms with Gasteiger partial charge in [0.15, 0.2) is 9.84 Å². The van der Waals surface area contributed by atoms with Gasteiger partial charge in [-0.2, -0.15) is 0 Å². The molecule has 0 N–H and O–H groups in total. The minimum Gasteiger partial charge on any atom is -0.491 e. The zero-order valence-corrected chi connectivity index (χ0v) is 21.7. The van der Waals surface area contributed by atoms with Crippen LogP contribution >= 0.6 is 0 Å². The van der Waals surface area contributed by atoms with Gasteiger partial charge in [0, 0.05) is 42.7 Å². The van der Waals surface area contributed by atoms with Crippen molar-refractivity contribution in [3.05, 3.63) is 72.4 Å². The van der Waals surface area contributed by atoms with Gasteiger partial charge in [0.2, 0.25) is 5.88 Å². The maximum Gasteiger partial charge on any atom is 0.253 e. The molecule has 1 aromatic heterocycles. The van der Waals surface area contributed by atoms with Crippen molar-refractivity contribution in [2.24, 2.45) is 5.92 Å². The topological polar surface area (TPSA) is 85.8 Å². The summed E-state index contributed by atoms with van der Waals surface area (Å²) in [5.74, 6) is 1.73. The molecule has 0 spiro atoms. The number of ether oxygens (including phenoxy) is 2. The first-order valence-corrected chi connectivity index (χ1v) is 14.0. The second-order valence-electron chi connectivity index (χ2n) is 9.42. The van der Waals surface area contributed by atoms with Crippen molar-refractivity contribution >= 4 is 15.7 Å². The van der Waals surface area contributed by atoms with Gasteiger partial charge in [0.1, 0.15) is 5.75 Å².